The Balaban J connectivity index is 1.84. The van der Waals surface area contributed by atoms with E-state index in [0.29, 0.717) is 11.6 Å². The minimum Gasteiger partial charge on any atom is -0.438 e. The molecule has 6 heteroatoms. The number of hydrogen-bond donors (Lipinski definition) is 1. The molecule has 128 valence electrons. The quantitative estimate of drug-likeness (QED) is 0.771. The van der Waals surface area contributed by atoms with E-state index in [0.717, 1.165) is 38.8 Å². The average molecular weight is 344 g/mol. The number of pyridine rings is 1. The third-order valence-corrected chi connectivity index (χ3v) is 4.54. The van der Waals surface area contributed by atoms with Crippen molar-refractivity contribution in [1.82, 2.24) is 15.4 Å². The number of fused-ring (bicyclic) bond motifs is 2. The molecule has 0 saturated carbocycles. The van der Waals surface area contributed by atoms with E-state index in [-0.39, 0.29) is 0 Å². The van der Waals surface area contributed by atoms with Crippen molar-refractivity contribution in [2.24, 2.45) is 5.10 Å². The molecule has 0 saturated heterocycles. The van der Waals surface area contributed by atoms with Crippen LogP contribution in [-0.4, -0.2) is 17.0 Å². The summed E-state index contributed by atoms with van der Waals surface area (Å²) in [6.45, 7) is 1.24. The number of rotatable bonds is 2. The van der Waals surface area contributed by atoms with Crippen LogP contribution in [0.15, 0.2) is 47.8 Å². The molecule has 1 unspecified atom stereocenters. The lowest BCUT2D eigenvalue weighted by atomic mass is 10.1. The summed E-state index contributed by atoms with van der Waals surface area (Å²) in [5.74, 6) is 1.16. The predicted molar refractivity (Wildman–Crippen MR) is 99.5 cm³/mol. The topological polar surface area (TPSA) is 62.6 Å². The van der Waals surface area contributed by atoms with E-state index < -0.39 is 6.52 Å². The first-order valence-corrected chi connectivity index (χ1v) is 8.36. The fourth-order valence-corrected chi connectivity index (χ4v) is 3.38. The number of aromatic nitrogens is 2. The fraction of sp³-hybridized carbons (Fsp3) is 0.150. The van der Waals surface area contributed by atoms with Crippen molar-refractivity contribution in [2.45, 2.75) is 13.4 Å². The van der Waals surface area contributed by atoms with Gasteiger partial charge in [0.15, 0.2) is 0 Å². The summed E-state index contributed by atoms with van der Waals surface area (Å²) >= 11 is 0. The Morgan fingerprint density at radius 2 is 2.27 bits per heavy atom. The van der Waals surface area contributed by atoms with E-state index >= 15 is 0 Å². The van der Waals surface area contributed by atoms with Gasteiger partial charge in [-0.25, -0.2) is 4.98 Å². The summed E-state index contributed by atoms with van der Waals surface area (Å²) in [7, 11) is 1.98. The highest BCUT2D eigenvalue weighted by atomic mass is 16.5. The van der Waals surface area contributed by atoms with Crippen molar-refractivity contribution in [3.63, 3.8) is 0 Å². The second-order valence-electron chi connectivity index (χ2n) is 6.32. The van der Waals surface area contributed by atoms with Gasteiger partial charge in [-0.2, -0.15) is 5.10 Å². The Morgan fingerprint density at radius 3 is 3.15 bits per heavy atom. The average Bonchev–Trinajstić information content (AvgIpc) is 3.01. The molecule has 0 spiro atoms. The summed E-state index contributed by atoms with van der Waals surface area (Å²) in [4.78, 5) is 11.1. The van der Waals surface area contributed by atoms with Crippen LogP contribution in [0, 0.1) is 6.92 Å². The smallest absolute Gasteiger partial charge is 0.219 e. The molecule has 1 atom stereocenters. The van der Waals surface area contributed by atoms with Crippen molar-refractivity contribution < 1.29 is 6.11 Å². The van der Waals surface area contributed by atoms with Gasteiger partial charge in [-0.05, 0) is 36.8 Å². The lowest BCUT2D eigenvalue weighted by Crippen LogP contribution is -2.22. The van der Waals surface area contributed by atoms with Crippen LogP contribution in [-0.2, 0) is 6.52 Å². The number of nitrogens with one attached hydrogen (secondary N) is 1. The van der Waals surface area contributed by atoms with Crippen molar-refractivity contribution in [1.29, 1.82) is 0 Å². The number of hydrogen-bond acceptors (Lipinski definition) is 6. The Labute approximate surface area is 151 Å². The van der Waals surface area contributed by atoms with Gasteiger partial charge in [-0.3, -0.25) is 4.98 Å². The first-order chi connectivity index (χ1) is 13.1. The summed E-state index contributed by atoms with van der Waals surface area (Å²) in [5.41, 5.74) is 7.13. The van der Waals surface area contributed by atoms with Crippen molar-refractivity contribution in [3.8, 4) is 22.9 Å². The lowest BCUT2D eigenvalue weighted by molar-refractivity contribution is 0.458. The van der Waals surface area contributed by atoms with E-state index in [2.05, 4.69) is 20.5 Å². The van der Waals surface area contributed by atoms with Gasteiger partial charge in [0.2, 0.25) is 5.88 Å². The summed E-state index contributed by atoms with van der Waals surface area (Å²) in [6, 6.07) is 7.57. The molecule has 0 bridgehead atoms. The normalized spacial score (nSPS) is 17.7. The number of ether oxygens (including phenoxy) is 1. The summed E-state index contributed by atoms with van der Waals surface area (Å²) in [5, 5.41) is 5.92. The SMILES string of the molecule is [2H]C1NN=c2cnc3c4c(c(Oc5cccc(C)n5)cc1c2-3)=CC=CN4C. The van der Waals surface area contributed by atoms with E-state index in [1.54, 1.807) is 6.20 Å². The summed E-state index contributed by atoms with van der Waals surface area (Å²) in [6.07, 6.45) is 7.68. The number of aryl methyl sites for hydroxylation is 1. The molecule has 4 heterocycles. The van der Waals surface area contributed by atoms with Crippen molar-refractivity contribution in [2.75, 3.05) is 11.9 Å². The largest absolute Gasteiger partial charge is 0.438 e. The molecule has 0 amide bonds. The van der Waals surface area contributed by atoms with Crippen LogP contribution in [0.1, 0.15) is 12.6 Å². The zero-order chi connectivity index (χ0) is 18.5. The molecule has 3 aliphatic heterocycles. The molecule has 26 heavy (non-hydrogen) atoms. The zero-order valence-electron chi connectivity index (χ0n) is 15.4. The highest BCUT2D eigenvalue weighted by molar-refractivity contribution is 5.83. The first kappa shape index (κ1) is 13.8. The first-order valence-electron chi connectivity index (χ1n) is 8.93. The van der Waals surface area contributed by atoms with E-state index in [1.165, 1.54) is 0 Å². The van der Waals surface area contributed by atoms with Gasteiger partial charge in [0.05, 0.1) is 25.5 Å². The van der Waals surface area contributed by atoms with Crippen LogP contribution < -0.4 is 25.6 Å². The molecule has 0 aromatic carbocycles. The van der Waals surface area contributed by atoms with Gasteiger partial charge in [0.25, 0.3) is 0 Å². The molecular weight excluding hydrogens is 326 g/mol. The molecule has 5 rings (SSSR count). The lowest BCUT2D eigenvalue weighted by Gasteiger charge is -2.19. The van der Waals surface area contributed by atoms with Crippen molar-refractivity contribution in [3.05, 3.63) is 64.6 Å². The second-order valence-corrected chi connectivity index (χ2v) is 6.32. The van der Waals surface area contributed by atoms with Crippen LogP contribution in [0.4, 0.5) is 5.69 Å². The van der Waals surface area contributed by atoms with Crippen LogP contribution >= 0.6 is 0 Å². The van der Waals surface area contributed by atoms with E-state index in [9.17, 15) is 0 Å². The Kier molecular flexibility index (Phi) is 2.96. The van der Waals surface area contributed by atoms with Gasteiger partial charge in [0, 0.05) is 35.8 Å². The fourth-order valence-electron chi connectivity index (χ4n) is 3.38. The van der Waals surface area contributed by atoms with Crippen LogP contribution in [0.25, 0.3) is 17.3 Å². The maximum Gasteiger partial charge on any atom is 0.219 e. The standard InChI is InChI=1S/C20H17N5O/c1-12-5-3-7-17(23-12)26-16-9-13-10-22-24-15-11-21-19(18(13)15)20-14(16)6-4-8-25(20)2/h3-9,11,22H,10H2,1-2H3/i10D. The molecular formula is C20H17N5O. The molecule has 1 N–H and O–H groups in total. The highest BCUT2D eigenvalue weighted by Crippen LogP contribution is 2.33. The maximum atomic E-state index is 8.40. The van der Waals surface area contributed by atoms with E-state index in [1.807, 2.05) is 61.5 Å². The molecule has 0 fully saturated rings. The maximum absolute atomic E-state index is 8.40. The molecule has 6 nitrogen and oxygen atoms in total. The van der Waals surface area contributed by atoms with Gasteiger partial charge < -0.3 is 15.1 Å². The minimum absolute atomic E-state index is 0.518. The highest BCUT2D eigenvalue weighted by Gasteiger charge is 2.24. The van der Waals surface area contributed by atoms with Gasteiger partial charge in [0.1, 0.15) is 11.1 Å². The van der Waals surface area contributed by atoms with Crippen molar-refractivity contribution >= 4 is 11.8 Å². The van der Waals surface area contributed by atoms with Crippen LogP contribution in [0.3, 0.4) is 0 Å². The van der Waals surface area contributed by atoms with Gasteiger partial charge >= 0.3 is 0 Å². The number of nitrogens with zero attached hydrogens (tertiary/aromatic N) is 4. The van der Waals surface area contributed by atoms with E-state index in [4.69, 9.17) is 6.11 Å². The Hall–Kier alpha value is -3.41. The second kappa shape index (κ2) is 5.56. The number of allylic oxidation sites excluding steroid dienone is 1. The Morgan fingerprint density at radius 1 is 1.35 bits per heavy atom. The molecule has 1 aliphatic carbocycles. The van der Waals surface area contributed by atoms with Crippen LogP contribution in [0.2, 0.25) is 0 Å². The molecule has 4 aliphatic rings. The monoisotopic (exact) mass is 344 g/mol. The third-order valence-electron chi connectivity index (χ3n) is 4.54. The minimum atomic E-state index is -0.691. The zero-order valence-corrected chi connectivity index (χ0v) is 14.4. The molecule has 0 radical (unpaired) electrons. The third kappa shape index (κ3) is 2.23. The van der Waals surface area contributed by atoms with Gasteiger partial charge in [-0.15, -0.1) is 0 Å². The van der Waals surface area contributed by atoms with Crippen LogP contribution in [0.5, 0.6) is 11.6 Å². The summed E-state index contributed by atoms with van der Waals surface area (Å²) < 4.78 is 14.6. The predicted octanol–water partition coefficient (Wildman–Crippen LogP) is 2.06. The molecule has 1 aromatic heterocycles. The number of anilines is 1. The van der Waals surface area contributed by atoms with Gasteiger partial charge in [-0.1, -0.05) is 6.07 Å². The molecule has 1 aromatic rings. The Bertz CT molecular complexity index is 1190.